The van der Waals surface area contributed by atoms with Crippen LogP contribution in [-0.4, -0.2) is 45.0 Å². The van der Waals surface area contributed by atoms with Crippen LogP contribution in [0.15, 0.2) is 41.3 Å². The van der Waals surface area contributed by atoms with Gasteiger partial charge >= 0.3 is 0 Å². The lowest BCUT2D eigenvalue weighted by atomic mass is 10.00. The summed E-state index contributed by atoms with van der Waals surface area (Å²) in [6.07, 6.45) is 2.72. The Morgan fingerprint density at radius 2 is 2.04 bits per heavy atom. The fraction of sp³-hybridized carbons (Fsp3) is 0.381. The number of aromatic amines is 1. The van der Waals surface area contributed by atoms with Gasteiger partial charge in [0.15, 0.2) is 5.65 Å². The first-order valence-electron chi connectivity index (χ1n) is 9.73. The number of carbonyl (C=O) groups excluding carboxylic acids is 1. The van der Waals surface area contributed by atoms with Crippen LogP contribution in [0.1, 0.15) is 35.3 Å². The first kappa shape index (κ1) is 18.4. The zero-order valence-corrected chi connectivity index (χ0v) is 16.2. The van der Waals surface area contributed by atoms with Crippen LogP contribution in [0.4, 0.5) is 0 Å². The molecule has 146 valence electrons. The minimum atomic E-state index is -0.208. The van der Waals surface area contributed by atoms with Gasteiger partial charge in [0.2, 0.25) is 5.91 Å². The Morgan fingerprint density at radius 1 is 1.25 bits per heavy atom. The van der Waals surface area contributed by atoms with E-state index < -0.39 is 0 Å². The number of rotatable bonds is 4. The van der Waals surface area contributed by atoms with Gasteiger partial charge in [-0.25, -0.2) is 9.50 Å². The summed E-state index contributed by atoms with van der Waals surface area (Å²) in [5, 5.41) is 6.24. The maximum atomic E-state index is 13.2. The van der Waals surface area contributed by atoms with Gasteiger partial charge in [-0.15, -0.1) is 0 Å². The van der Waals surface area contributed by atoms with Gasteiger partial charge in [-0.3, -0.25) is 14.7 Å². The molecule has 0 spiro atoms. The number of benzene rings is 1. The molecule has 3 heterocycles. The van der Waals surface area contributed by atoms with Gasteiger partial charge in [-0.1, -0.05) is 31.2 Å². The summed E-state index contributed by atoms with van der Waals surface area (Å²) in [4.78, 5) is 32.3. The Bertz CT molecular complexity index is 1050. The molecule has 1 fully saturated rings. The maximum absolute atomic E-state index is 13.2. The molecule has 2 aromatic heterocycles. The predicted molar refractivity (Wildman–Crippen MR) is 107 cm³/mol. The van der Waals surface area contributed by atoms with Crippen molar-refractivity contribution in [1.29, 1.82) is 0 Å². The molecule has 7 nitrogen and oxygen atoms in total. The lowest BCUT2D eigenvalue weighted by molar-refractivity contribution is -0.133. The van der Waals surface area contributed by atoms with Gasteiger partial charge in [0.05, 0.1) is 12.5 Å². The molecule has 4 rings (SSSR count). The molecule has 3 aromatic rings. The summed E-state index contributed by atoms with van der Waals surface area (Å²) in [6, 6.07) is 10.1. The lowest BCUT2D eigenvalue weighted by Crippen LogP contribution is -2.49. The second-order valence-corrected chi connectivity index (χ2v) is 7.22. The van der Waals surface area contributed by atoms with E-state index >= 15 is 0 Å². The number of nitrogens with one attached hydrogen (secondary N) is 2. The summed E-state index contributed by atoms with van der Waals surface area (Å²) in [5.41, 5.74) is 3.80. The van der Waals surface area contributed by atoms with Crippen molar-refractivity contribution in [2.24, 2.45) is 0 Å². The van der Waals surface area contributed by atoms with E-state index in [0.717, 1.165) is 18.5 Å². The molecular formula is C21H25N5O2. The highest BCUT2D eigenvalue weighted by atomic mass is 16.2. The minimum absolute atomic E-state index is 0.0302. The number of hydrogen-bond acceptors (Lipinski definition) is 4. The van der Waals surface area contributed by atoms with Crippen LogP contribution in [0.5, 0.6) is 0 Å². The Kier molecular flexibility index (Phi) is 5.00. The average molecular weight is 379 g/mol. The first-order chi connectivity index (χ1) is 13.6. The van der Waals surface area contributed by atoms with Gasteiger partial charge < -0.3 is 10.2 Å². The largest absolute Gasteiger partial charge is 0.333 e. The minimum Gasteiger partial charge on any atom is -0.333 e. The molecule has 1 saturated heterocycles. The second kappa shape index (κ2) is 7.59. The molecule has 1 aliphatic rings. The standard InChI is InChI=1S/C21H25N5O2/c1-3-15-4-6-16(7-5-15)18-13-22-10-11-25(18)20(27)12-17-14(2)24-19-8-9-23-26(19)21(17)28/h4-9,18,22-23H,3,10-13H2,1-2H3. The fourth-order valence-electron chi connectivity index (χ4n) is 3.84. The smallest absolute Gasteiger partial charge is 0.276 e. The highest BCUT2D eigenvalue weighted by molar-refractivity contribution is 5.79. The summed E-state index contributed by atoms with van der Waals surface area (Å²) >= 11 is 0. The molecule has 1 aromatic carbocycles. The van der Waals surface area contributed by atoms with Crippen molar-refractivity contribution < 1.29 is 4.79 Å². The molecule has 2 N–H and O–H groups in total. The van der Waals surface area contributed by atoms with E-state index in [4.69, 9.17) is 0 Å². The molecule has 0 saturated carbocycles. The number of carbonyl (C=O) groups is 1. The van der Waals surface area contributed by atoms with E-state index in [2.05, 4.69) is 46.6 Å². The third-order valence-corrected chi connectivity index (χ3v) is 5.51. The summed E-state index contributed by atoms with van der Waals surface area (Å²) in [7, 11) is 0. The van der Waals surface area contributed by atoms with Crippen molar-refractivity contribution in [3.63, 3.8) is 0 Å². The molecule has 1 atom stereocenters. The van der Waals surface area contributed by atoms with E-state index in [1.807, 2.05) is 4.90 Å². The number of aryl methyl sites for hydroxylation is 2. The SMILES string of the molecule is CCc1ccc(C2CNCCN2C(=O)Cc2c(C)nc3cc[nH]n3c2=O)cc1. The maximum Gasteiger partial charge on any atom is 0.276 e. The second-order valence-electron chi connectivity index (χ2n) is 7.22. The van der Waals surface area contributed by atoms with E-state index in [0.29, 0.717) is 30.0 Å². The molecule has 0 radical (unpaired) electrons. The Hall–Kier alpha value is -2.93. The quantitative estimate of drug-likeness (QED) is 0.722. The molecule has 1 unspecified atom stereocenters. The average Bonchev–Trinajstić information content (AvgIpc) is 3.19. The van der Waals surface area contributed by atoms with E-state index in [1.54, 1.807) is 19.2 Å². The lowest BCUT2D eigenvalue weighted by Gasteiger charge is -2.36. The van der Waals surface area contributed by atoms with E-state index in [1.165, 1.54) is 10.1 Å². The van der Waals surface area contributed by atoms with Gasteiger partial charge in [0.1, 0.15) is 0 Å². The molecule has 28 heavy (non-hydrogen) atoms. The Balaban J connectivity index is 1.61. The third kappa shape index (κ3) is 3.33. The molecule has 0 bridgehead atoms. The molecule has 1 aliphatic heterocycles. The van der Waals surface area contributed by atoms with Crippen LogP contribution in [0.2, 0.25) is 0 Å². The van der Waals surface area contributed by atoms with Crippen LogP contribution in [-0.2, 0) is 17.6 Å². The molecule has 0 aliphatic carbocycles. The normalized spacial score (nSPS) is 17.2. The summed E-state index contributed by atoms with van der Waals surface area (Å²) in [6.45, 7) is 6.00. The molecular weight excluding hydrogens is 354 g/mol. The van der Waals surface area contributed by atoms with Crippen molar-refractivity contribution in [3.8, 4) is 0 Å². The van der Waals surface area contributed by atoms with Crippen LogP contribution >= 0.6 is 0 Å². The zero-order chi connectivity index (χ0) is 19.7. The van der Waals surface area contributed by atoms with Gasteiger partial charge in [-0.2, -0.15) is 0 Å². The number of piperazine rings is 1. The number of amides is 1. The number of aromatic nitrogens is 3. The monoisotopic (exact) mass is 379 g/mol. The van der Waals surface area contributed by atoms with Crippen LogP contribution in [0, 0.1) is 6.92 Å². The van der Waals surface area contributed by atoms with Crippen molar-refractivity contribution in [2.75, 3.05) is 19.6 Å². The van der Waals surface area contributed by atoms with Crippen LogP contribution in [0.3, 0.4) is 0 Å². The van der Waals surface area contributed by atoms with Crippen molar-refractivity contribution >= 4 is 11.6 Å². The first-order valence-corrected chi connectivity index (χ1v) is 9.73. The van der Waals surface area contributed by atoms with E-state index in [-0.39, 0.29) is 23.9 Å². The van der Waals surface area contributed by atoms with Gasteiger partial charge in [-0.05, 0) is 24.5 Å². The van der Waals surface area contributed by atoms with Crippen LogP contribution < -0.4 is 10.9 Å². The van der Waals surface area contributed by atoms with Crippen molar-refractivity contribution in [3.05, 3.63) is 69.3 Å². The third-order valence-electron chi connectivity index (χ3n) is 5.51. The van der Waals surface area contributed by atoms with Crippen molar-refractivity contribution in [1.82, 2.24) is 24.8 Å². The molecule has 7 heteroatoms. The highest BCUT2D eigenvalue weighted by Gasteiger charge is 2.29. The van der Waals surface area contributed by atoms with Gasteiger partial charge in [0, 0.05) is 43.2 Å². The van der Waals surface area contributed by atoms with Crippen LogP contribution in [0.25, 0.3) is 5.65 Å². The van der Waals surface area contributed by atoms with Crippen molar-refractivity contribution in [2.45, 2.75) is 32.7 Å². The summed E-state index contributed by atoms with van der Waals surface area (Å²) < 4.78 is 1.38. The summed E-state index contributed by atoms with van der Waals surface area (Å²) in [5.74, 6) is -0.0421. The number of fused-ring (bicyclic) bond motifs is 1. The predicted octanol–water partition coefficient (Wildman–Crippen LogP) is 1.61. The number of H-pyrrole nitrogens is 1. The van der Waals surface area contributed by atoms with Gasteiger partial charge in [0.25, 0.3) is 5.56 Å². The molecule has 1 amide bonds. The number of nitrogens with zero attached hydrogens (tertiary/aromatic N) is 3. The Morgan fingerprint density at radius 3 is 2.79 bits per heavy atom. The van der Waals surface area contributed by atoms with E-state index in [9.17, 15) is 9.59 Å². The Labute approximate surface area is 163 Å². The zero-order valence-electron chi connectivity index (χ0n) is 16.2. The number of hydrogen-bond donors (Lipinski definition) is 2. The highest BCUT2D eigenvalue weighted by Crippen LogP contribution is 2.24. The topological polar surface area (TPSA) is 82.5 Å². The fourth-order valence-corrected chi connectivity index (χ4v) is 3.84.